The molecule has 2 heterocycles. The van der Waals surface area contributed by atoms with Crippen LogP contribution in [0.1, 0.15) is 11.0 Å². The van der Waals surface area contributed by atoms with E-state index in [2.05, 4.69) is 15.3 Å². The van der Waals surface area contributed by atoms with Gasteiger partial charge in [-0.15, -0.1) is 11.3 Å². The first-order valence-corrected chi connectivity index (χ1v) is 6.49. The first-order chi connectivity index (χ1) is 9.24. The van der Waals surface area contributed by atoms with Crippen molar-refractivity contribution >= 4 is 17.3 Å². The van der Waals surface area contributed by atoms with Crippen molar-refractivity contribution in [2.24, 2.45) is 0 Å². The van der Waals surface area contributed by atoms with E-state index >= 15 is 0 Å². The number of hydrogen-bond acceptors (Lipinski definition) is 6. The van der Waals surface area contributed by atoms with Gasteiger partial charge in [0.25, 0.3) is 5.88 Å². The minimum Gasteiger partial charge on any atom is -0.479 e. The van der Waals surface area contributed by atoms with Gasteiger partial charge in [0.2, 0.25) is 11.8 Å². The van der Waals surface area contributed by atoms with Crippen LogP contribution in [0, 0.1) is 5.82 Å². The smallest absolute Gasteiger partial charge is 0.255 e. The fourth-order valence-corrected chi connectivity index (χ4v) is 2.34. The fourth-order valence-electron chi connectivity index (χ4n) is 1.54. The maximum absolute atomic E-state index is 13.2. The van der Waals surface area contributed by atoms with E-state index in [4.69, 9.17) is 9.47 Å². The summed E-state index contributed by atoms with van der Waals surface area (Å²) in [7, 11) is 3.00. The molecule has 1 N–H and O–H groups in total. The van der Waals surface area contributed by atoms with Crippen LogP contribution >= 0.6 is 11.3 Å². The van der Waals surface area contributed by atoms with Gasteiger partial charge in [-0.05, 0) is 11.4 Å². The van der Waals surface area contributed by atoms with E-state index in [0.29, 0.717) is 12.5 Å². The van der Waals surface area contributed by atoms with Gasteiger partial charge in [-0.2, -0.15) is 9.37 Å². The van der Waals surface area contributed by atoms with Crippen molar-refractivity contribution in [2.45, 2.75) is 6.10 Å². The molecular formula is C12H14FN3O2S. The van der Waals surface area contributed by atoms with E-state index in [1.807, 2.05) is 17.5 Å². The summed E-state index contributed by atoms with van der Waals surface area (Å²) in [4.78, 5) is 8.85. The zero-order chi connectivity index (χ0) is 13.7. The van der Waals surface area contributed by atoms with Gasteiger partial charge in [-0.1, -0.05) is 6.07 Å². The van der Waals surface area contributed by atoms with Crippen molar-refractivity contribution in [2.75, 3.05) is 26.1 Å². The Morgan fingerprint density at radius 3 is 2.95 bits per heavy atom. The first kappa shape index (κ1) is 13.7. The highest BCUT2D eigenvalue weighted by Crippen LogP contribution is 2.22. The second kappa shape index (κ2) is 6.44. The monoisotopic (exact) mass is 283 g/mol. The van der Waals surface area contributed by atoms with Gasteiger partial charge in [-0.3, -0.25) is 0 Å². The topological polar surface area (TPSA) is 56.3 Å². The highest BCUT2D eigenvalue weighted by molar-refractivity contribution is 7.10. The van der Waals surface area contributed by atoms with Crippen molar-refractivity contribution in [3.8, 4) is 5.88 Å². The highest BCUT2D eigenvalue weighted by atomic mass is 32.1. The van der Waals surface area contributed by atoms with Gasteiger partial charge in [0.1, 0.15) is 6.10 Å². The first-order valence-electron chi connectivity index (χ1n) is 5.61. The second-order valence-electron chi connectivity index (χ2n) is 3.67. The van der Waals surface area contributed by atoms with Crippen LogP contribution in [0.15, 0.2) is 23.7 Å². The van der Waals surface area contributed by atoms with Gasteiger partial charge in [0.15, 0.2) is 0 Å². The predicted molar refractivity (Wildman–Crippen MR) is 71.1 cm³/mol. The Labute approximate surface area is 114 Å². The average Bonchev–Trinajstić information content (AvgIpc) is 2.95. The van der Waals surface area contributed by atoms with E-state index in [-0.39, 0.29) is 12.0 Å². The van der Waals surface area contributed by atoms with E-state index in [0.717, 1.165) is 11.1 Å². The molecule has 0 bridgehead atoms. The third-order valence-electron chi connectivity index (χ3n) is 2.50. The number of methoxy groups -OCH3 is 2. The van der Waals surface area contributed by atoms with Crippen LogP contribution in [0.3, 0.4) is 0 Å². The Hall–Kier alpha value is -1.73. The van der Waals surface area contributed by atoms with Gasteiger partial charge < -0.3 is 14.8 Å². The molecule has 102 valence electrons. The summed E-state index contributed by atoms with van der Waals surface area (Å²) >= 11 is 1.61. The Balaban J connectivity index is 2.01. The molecule has 0 amide bonds. The maximum Gasteiger partial charge on any atom is 0.255 e. The number of nitrogens with zero attached hydrogens (tertiary/aromatic N) is 2. The molecule has 0 fully saturated rings. The standard InChI is InChI=1S/C12H14FN3O2S/c1-17-9(10-4-3-5-19-10)7-15-12-14-6-8(13)11(16-12)18-2/h3-6,9H,7H2,1-2H3,(H,14,15,16). The Kier molecular flexibility index (Phi) is 4.64. The molecule has 2 rings (SSSR count). The average molecular weight is 283 g/mol. The third kappa shape index (κ3) is 3.39. The van der Waals surface area contributed by atoms with Crippen molar-refractivity contribution in [1.29, 1.82) is 0 Å². The summed E-state index contributed by atoms with van der Waals surface area (Å²) in [6.07, 6.45) is 0.973. The summed E-state index contributed by atoms with van der Waals surface area (Å²) in [6, 6.07) is 3.95. The number of aromatic nitrogens is 2. The quantitative estimate of drug-likeness (QED) is 0.882. The molecule has 0 aliphatic heterocycles. The largest absolute Gasteiger partial charge is 0.479 e. The lowest BCUT2D eigenvalue weighted by Crippen LogP contribution is -2.15. The van der Waals surface area contributed by atoms with E-state index in [1.54, 1.807) is 18.4 Å². The molecule has 0 saturated heterocycles. The van der Waals surface area contributed by atoms with E-state index in [1.165, 1.54) is 7.11 Å². The molecule has 0 saturated carbocycles. The Bertz CT molecular complexity index is 522. The fraction of sp³-hybridized carbons (Fsp3) is 0.333. The van der Waals surface area contributed by atoms with Gasteiger partial charge >= 0.3 is 0 Å². The van der Waals surface area contributed by atoms with E-state index in [9.17, 15) is 4.39 Å². The van der Waals surface area contributed by atoms with Gasteiger partial charge in [0, 0.05) is 18.5 Å². The number of thiophene rings is 1. The van der Waals surface area contributed by atoms with Crippen LogP contribution in [-0.4, -0.2) is 30.7 Å². The van der Waals surface area contributed by atoms with Crippen molar-refractivity contribution in [3.05, 3.63) is 34.4 Å². The zero-order valence-corrected chi connectivity index (χ0v) is 11.4. The molecule has 0 radical (unpaired) electrons. The highest BCUT2D eigenvalue weighted by Gasteiger charge is 2.13. The number of halogens is 1. The molecule has 2 aromatic rings. The van der Waals surface area contributed by atoms with Crippen molar-refractivity contribution in [3.63, 3.8) is 0 Å². The molecular weight excluding hydrogens is 269 g/mol. The number of rotatable bonds is 6. The third-order valence-corrected chi connectivity index (χ3v) is 3.46. The second-order valence-corrected chi connectivity index (χ2v) is 4.65. The molecule has 1 atom stereocenters. The van der Waals surface area contributed by atoms with Crippen molar-refractivity contribution in [1.82, 2.24) is 9.97 Å². The molecule has 0 aliphatic rings. The number of hydrogen-bond donors (Lipinski definition) is 1. The minimum atomic E-state index is -0.588. The molecule has 5 nitrogen and oxygen atoms in total. The summed E-state index contributed by atoms with van der Waals surface area (Å²) in [6.45, 7) is 0.492. The lowest BCUT2D eigenvalue weighted by Gasteiger charge is -2.14. The zero-order valence-electron chi connectivity index (χ0n) is 10.6. The molecule has 1 unspecified atom stereocenters. The SMILES string of the molecule is COc1nc(NCC(OC)c2cccs2)ncc1F. The lowest BCUT2D eigenvalue weighted by atomic mass is 10.3. The number of anilines is 1. The molecule has 0 aliphatic carbocycles. The molecule has 0 spiro atoms. The lowest BCUT2D eigenvalue weighted by molar-refractivity contribution is 0.117. The molecule has 2 aromatic heterocycles. The maximum atomic E-state index is 13.2. The van der Waals surface area contributed by atoms with Crippen molar-refractivity contribution < 1.29 is 13.9 Å². The summed E-state index contributed by atoms with van der Waals surface area (Å²) in [5, 5.41) is 4.98. The number of nitrogens with one attached hydrogen (secondary N) is 1. The number of ether oxygens (including phenoxy) is 2. The Morgan fingerprint density at radius 1 is 1.47 bits per heavy atom. The van der Waals surface area contributed by atoms with Gasteiger partial charge in [-0.25, -0.2) is 4.98 Å². The van der Waals surface area contributed by atoms with E-state index < -0.39 is 5.82 Å². The summed E-state index contributed by atoms with van der Waals surface area (Å²) in [5.41, 5.74) is 0. The van der Waals surface area contributed by atoms with Crippen LogP contribution in [0.5, 0.6) is 5.88 Å². The van der Waals surface area contributed by atoms with Crippen LogP contribution < -0.4 is 10.1 Å². The van der Waals surface area contributed by atoms with Crippen LogP contribution in [-0.2, 0) is 4.74 Å². The predicted octanol–water partition coefficient (Wildman–Crippen LogP) is 2.49. The molecule has 0 aromatic carbocycles. The normalized spacial score (nSPS) is 12.2. The summed E-state index contributed by atoms with van der Waals surface area (Å²) in [5.74, 6) is -0.367. The Morgan fingerprint density at radius 2 is 2.32 bits per heavy atom. The van der Waals surface area contributed by atoms with Crippen LogP contribution in [0.25, 0.3) is 0 Å². The minimum absolute atomic E-state index is 0.0809. The molecule has 19 heavy (non-hydrogen) atoms. The van der Waals surface area contributed by atoms with Crippen LogP contribution in [0.4, 0.5) is 10.3 Å². The molecule has 7 heteroatoms. The summed E-state index contributed by atoms with van der Waals surface area (Å²) < 4.78 is 23.3. The van der Waals surface area contributed by atoms with Crippen LogP contribution in [0.2, 0.25) is 0 Å². The van der Waals surface area contributed by atoms with Gasteiger partial charge in [0.05, 0.1) is 13.3 Å².